The zero-order valence-corrected chi connectivity index (χ0v) is 11.7. The molecule has 2 saturated carbocycles. The van der Waals surface area contributed by atoms with Gasteiger partial charge in [-0.2, -0.15) is 0 Å². The number of rotatable bonds is 6. The molecule has 0 bridgehead atoms. The molecule has 2 nitrogen and oxygen atoms in total. The lowest BCUT2D eigenvalue weighted by atomic mass is 10.1. The first-order valence-electron chi connectivity index (χ1n) is 7.36. The first-order valence-corrected chi connectivity index (χ1v) is 9.18. The summed E-state index contributed by atoms with van der Waals surface area (Å²) in [6, 6.07) is 0. The van der Waals surface area contributed by atoms with Gasteiger partial charge < -0.3 is 0 Å². The van der Waals surface area contributed by atoms with Gasteiger partial charge in [0.05, 0.1) is 11.5 Å². The molecule has 0 aromatic carbocycles. The quantitative estimate of drug-likeness (QED) is 0.730. The van der Waals surface area contributed by atoms with E-state index in [0.29, 0.717) is 23.3 Å². The van der Waals surface area contributed by atoms with Crippen LogP contribution in [0, 0.1) is 11.8 Å². The van der Waals surface area contributed by atoms with Gasteiger partial charge in [-0.25, -0.2) is 8.42 Å². The maximum Gasteiger partial charge on any atom is 0.150 e. The van der Waals surface area contributed by atoms with Gasteiger partial charge in [-0.1, -0.05) is 51.4 Å². The summed E-state index contributed by atoms with van der Waals surface area (Å²) in [6.45, 7) is 0. The molecule has 2 aliphatic rings. The van der Waals surface area contributed by atoms with Crippen LogP contribution in [-0.4, -0.2) is 19.9 Å². The van der Waals surface area contributed by atoms with Gasteiger partial charge in [-0.15, -0.1) is 0 Å². The topological polar surface area (TPSA) is 34.1 Å². The Morgan fingerprint density at radius 3 is 1.41 bits per heavy atom. The molecule has 100 valence electrons. The maximum atomic E-state index is 11.9. The zero-order chi connectivity index (χ0) is 12.1. The molecule has 0 amide bonds. The van der Waals surface area contributed by atoms with Crippen LogP contribution in [0.5, 0.6) is 0 Å². The molecule has 0 aliphatic heterocycles. The fraction of sp³-hybridized carbons (Fsp3) is 1.00. The minimum absolute atomic E-state index is 0.449. The molecule has 0 spiro atoms. The first-order chi connectivity index (χ1) is 8.16. The Bertz CT molecular complexity index is 283. The molecule has 0 heterocycles. The number of hydrogen-bond donors (Lipinski definition) is 0. The van der Waals surface area contributed by atoms with Crippen molar-refractivity contribution < 1.29 is 8.42 Å². The molecule has 0 atom stereocenters. The smallest absolute Gasteiger partial charge is 0.150 e. The highest BCUT2D eigenvalue weighted by molar-refractivity contribution is 7.91. The van der Waals surface area contributed by atoms with Crippen LogP contribution < -0.4 is 0 Å². The Kier molecular flexibility index (Phi) is 4.89. The van der Waals surface area contributed by atoms with Crippen LogP contribution in [0.1, 0.15) is 64.2 Å². The van der Waals surface area contributed by atoms with Crippen molar-refractivity contribution in [1.29, 1.82) is 0 Å². The van der Waals surface area contributed by atoms with Gasteiger partial charge >= 0.3 is 0 Å². The highest BCUT2D eigenvalue weighted by atomic mass is 32.2. The molecule has 0 unspecified atom stereocenters. The van der Waals surface area contributed by atoms with Gasteiger partial charge in [0.2, 0.25) is 0 Å². The van der Waals surface area contributed by atoms with Crippen LogP contribution >= 0.6 is 0 Å². The Morgan fingerprint density at radius 1 is 0.706 bits per heavy atom. The van der Waals surface area contributed by atoms with Gasteiger partial charge in [-0.3, -0.25) is 0 Å². The number of sulfone groups is 1. The van der Waals surface area contributed by atoms with Crippen molar-refractivity contribution in [3.63, 3.8) is 0 Å². The van der Waals surface area contributed by atoms with Gasteiger partial charge in [0, 0.05) is 0 Å². The zero-order valence-electron chi connectivity index (χ0n) is 10.9. The molecule has 0 aromatic rings. The van der Waals surface area contributed by atoms with Crippen molar-refractivity contribution in [3.05, 3.63) is 0 Å². The van der Waals surface area contributed by atoms with Crippen molar-refractivity contribution in [2.45, 2.75) is 64.2 Å². The second-order valence-corrected chi connectivity index (χ2v) is 8.33. The average molecular weight is 258 g/mol. The lowest BCUT2D eigenvalue weighted by molar-refractivity contribution is 0.507. The summed E-state index contributed by atoms with van der Waals surface area (Å²) in [7, 11) is -2.76. The van der Waals surface area contributed by atoms with Crippen LogP contribution in [0.2, 0.25) is 0 Å². The predicted molar refractivity (Wildman–Crippen MR) is 71.8 cm³/mol. The van der Waals surface area contributed by atoms with E-state index < -0.39 is 9.84 Å². The SMILES string of the molecule is O=S(=O)(CCC1CCCC1)CCC1CCCC1. The van der Waals surface area contributed by atoms with E-state index in [-0.39, 0.29) is 0 Å². The average Bonchev–Trinajstić information content (AvgIpc) is 2.97. The highest BCUT2D eigenvalue weighted by Gasteiger charge is 2.21. The van der Waals surface area contributed by atoms with Crippen LogP contribution in [0.15, 0.2) is 0 Å². The Morgan fingerprint density at radius 2 is 1.06 bits per heavy atom. The molecule has 17 heavy (non-hydrogen) atoms. The van der Waals surface area contributed by atoms with Crippen LogP contribution in [0.4, 0.5) is 0 Å². The normalized spacial score (nSPS) is 23.5. The first kappa shape index (κ1) is 13.4. The molecule has 0 N–H and O–H groups in total. The maximum absolute atomic E-state index is 11.9. The minimum Gasteiger partial charge on any atom is -0.229 e. The Balaban J connectivity index is 1.66. The molecule has 2 rings (SSSR count). The molecule has 0 aromatic heterocycles. The Hall–Kier alpha value is -0.0500. The molecular formula is C14H26O2S. The van der Waals surface area contributed by atoms with Gasteiger partial charge in [0.25, 0.3) is 0 Å². The van der Waals surface area contributed by atoms with E-state index in [1.807, 2.05) is 0 Å². The molecule has 2 aliphatic carbocycles. The monoisotopic (exact) mass is 258 g/mol. The second kappa shape index (κ2) is 6.21. The van der Waals surface area contributed by atoms with E-state index in [9.17, 15) is 8.42 Å². The lowest BCUT2D eigenvalue weighted by Crippen LogP contribution is -2.15. The van der Waals surface area contributed by atoms with Gasteiger partial charge in [0.15, 0.2) is 0 Å². The van der Waals surface area contributed by atoms with Crippen LogP contribution in [0.25, 0.3) is 0 Å². The summed E-state index contributed by atoms with van der Waals surface area (Å²) in [4.78, 5) is 0. The van der Waals surface area contributed by atoms with Crippen molar-refractivity contribution in [2.24, 2.45) is 11.8 Å². The summed E-state index contributed by atoms with van der Waals surface area (Å²) in [5, 5.41) is 0. The van der Waals surface area contributed by atoms with Crippen molar-refractivity contribution in [1.82, 2.24) is 0 Å². The van der Waals surface area contributed by atoms with Gasteiger partial charge in [-0.05, 0) is 24.7 Å². The van der Waals surface area contributed by atoms with Crippen LogP contribution in [0.3, 0.4) is 0 Å². The fourth-order valence-electron chi connectivity index (χ4n) is 3.39. The summed E-state index contributed by atoms with van der Waals surface area (Å²) >= 11 is 0. The predicted octanol–water partition coefficient (Wildman–Crippen LogP) is 3.56. The van der Waals surface area contributed by atoms with Crippen LogP contribution in [-0.2, 0) is 9.84 Å². The van der Waals surface area contributed by atoms with E-state index >= 15 is 0 Å². The summed E-state index contributed by atoms with van der Waals surface area (Å²) in [5.41, 5.74) is 0. The minimum atomic E-state index is -2.76. The standard InChI is InChI=1S/C14H26O2S/c15-17(16,11-9-13-5-1-2-6-13)12-10-14-7-3-4-8-14/h13-14H,1-12H2. The summed E-state index contributed by atoms with van der Waals surface area (Å²) < 4.78 is 23.9. The molecule has 2 fully saturated rings. The molecule has 3 heteroatoms. The third-order valence-corrected chi connectivity index (χ3v) is 6.34. The van der Waals surface area contributed by atoms with E-state index in [1.165, 1.54) is 51.4 Å². The largest absolute Gasteiger partial charge is 0.229 e. The molecule has 0 saturated heterocycles. The molecular weight excluding hydrogens is 232 g/mol. The van der Waals surface area contributed by atoms with E-state index in [2.05, 4.69) is 0 Å². The van der Waals surface area contributed by atoms with Crippen molar-refractivity contribution >= 4 is 9.84 Å². The fourth-order valence-corrected chi connectivity index (χ4v) is 4.98. The lowest BCUT2D eigenvalue weighted by Gasteiger charge is -2.11. The summed E-state index contributed by atoms with van der Waals surface area (Å²) in [6.07, 6.45) is 12.1. The van der Waals surface area contributed by atoms with Gasteiger partial charge in [0.1, 0.15) is 9.84 Å². The summed E-state index contributed by atoms with van der Waals surface area (Å²) in [5.74, 6) is 2.31. The number of hydrogen-bond acceptors (Lipinski definition) is 2. The third kappa shape index (κ3) is 4.61. The van der Waals surface area contributed by atoms with Crippen molar-refractivity contribution in [3.8, 4) is 0 Å². The second-order valence-electron chi connectivity index (χ2n) is 6.03. The van der Waals surface area contributed by atoms with E-state index in [4.69, 9.17) is 0 Å². The molecule has 0 radical (unpaired) electrons. The Labute approximate surface area is 106 Å². The van der Waals surface area contributed by atoms with E-state index in [1.54, 1.807) is 0 Å². The highest BCUT2D eigenvalue weighted by Crippen LogP contribution is 2.29. The van der Waals surface area contributed by atoms with Crippen molar-refractivity contribution in [2.75, 3.05) is 11.5 Å². The third-order valence-electron chi connectivity index (χ3n) is 4.62. The van der Waals surface area contributed by atoms with E-state index in [0.717, 1.165) is 12.8 Å².